The second kappa shape index (κ2) is 16.3. The van der Waals surface area contributed by atoms with Crippen LogP contribution in [0.3, 0.4) is 0 Å². The van der Waals surface area contributed by atoms with Crippen LogP contribution in [0.2, 0.25) is 0 Å². The quantitative estimate of drug-likeness (QED) is 0.149. The van der Waals surface area contributed by atoms with Crippen molar-refractivity contribution in [2.45, 2.75) is 0 Å². The fourth-order valence-corrected chi connectivity index (χ4v) is 11.1. The minimum Gasteiger partial charge on any atom is -0.434 e. The summed E-state index contributed by atoms with van der Waals surface area (Å²) in [7, 11) is 0. The monoisotopic (exact) mass is 932 g/mol. The molecule has 15 rings (SSSR count). The second-order valence-corrected chi connectivity index (χ2v) is 18.6. The first-order chi connectivity index (χ1) is 36.2. The highest BCUT2D eigenvalue weighted by atomic mass is 16.3. The summed E-state index contributed by atoms with van der Waals surface area (Å²) in [6.45, 7) is 0. The van der Waals surface area contributed by atoms with E-state index in [1.165, 1.54) is 5.39 Å². The molecule has 0 atom stereocenters. The molecule has 15 aromatic rings. The Balaban J connectivity index is 1.01. The van der Waals surface area contributed by atoms with Crippen LogP contribution in [0.25, 0.3) is 144 Å². The third kappa shape index (κ3) is 6.53. The van der Waals surface area contributed by atoms with E-state index in [0.29, 0.717) is 29.1 Å². The van der Waals surface area contributed by atoms with E-state index in [9.17, 15) is 0 Å². The van der Waals surface area contributed by atoms with Gasteiger partial charge in [0.15, 0.2) is 17.2 Å². The molecule has 73 heavy (non-hydrogen) atoms. The normalized spacial score (nSPS) is 11.8. The molecule has 0 radical (unpaired) electrons. The van der Waals surface area contributed by atoms with Crippen LogP contribution in [-0.2, 0) is 0 Å². The van der Waals surface area contributed by atoms with E-state index in [2.05, 4.69) is 215 Å². The number of hydrogen-bond donors (Lipinski definition) is 0. The zero-order valence-electron chi connectivity index (χ0n) is 39.2. The molecule has 0 aliphatic rings. The molecule has 4 aromatic heterocycles. The average Bonchev–Trinajstić information content (AvgIpc) is 4.16. The number of benzene rings is 11. The molecular weight excluding hydrogens is 893 g/mol. The first kappa shape index (κ1) is 40.9. The van der Waals surface area contributed by atoms with E-state index in [-0.39, 0.29) is 0 Å². The lowest BCUT2D eigenvalue weighted by molar-refractivity contribution is 0.618. The summed E-state index contributed by atoms with van der Waals surface area (Å²) >= 11 is 0. The summed E-state index contributed by atoms with van der Waals surface area (Å²) in [4.78, 5) is 21.5. The molecule has 0 N–H and O–H groups in total. The number of para-hydroxylation sites is 3. The molecule has 0 saturated heterocycles. The van der Waals surface area contributed by atoms with Gasteiger partial charge < -0.3 is 8.98 Å². The van der Waals surface area contributed by atoms with Crippen LogP contribution in [0.1, 0.15) is 0 Å². The van der Waals surface area contributed by atoms with E-state index in [0.717, 1.165) is 110 Å². The molecule has 0 fully saturated rings. The van der Waals surface area contributed by atoms with E-state index >= 15 is 0 Å². The maximum atomic E-state index is 7.10. The Bertz CT molecular complexity index is 4610. The van der Waals surface area contributed by atoms with Gasteiger partial charge in [0.05, 0.1) is 27.8 Å². The van der Waals surface area contributed by atoms with Crippen LogP contribution in [0, 0.1) is 0 Å². The van der Waals surface area contributed by atoms with E-state index in [4.69, 9.17) is 24.4 Å². The average molecular weight is 933 g/mol. The Morgan fingerprint density at radius 1 is 0.315 bits per heavy atom. The van der Waals surface area contributed by atoms with Crippen LogP contribution in [-0.4, -0.2) is 29.1 Å². The molecular formula is C66H40N6O. The first-order valence-electron chi connectivity index (χ1n) is 24.5. The molecule has 0 aliphatic heterocycles. The number of aromatic nitrogens is 6. The minimum absolute atomic E-state index is 0.518. The fraction of sp³-hybridized carbons (Fsp3) is 0. The van der Waals surface area contributed by atoms with Crippen LogP contribution in [0.15, 0.2) is 247 Å². The lowest BCUT2D eigenvalue weighted by Gasteiger charge is -2.14. The molecule has 7 heteroatoms. The van der Waals surface area contributed by atoms with Crippen molar-refractivity contribution in [2.24, 2.45) is 0 Å². The molecule has 0 amide bonds. The van der Waals surface area contributed by atoms with Crippen molar-refractivity contribution in [2.75, 3.05) is 0 Å². The highest BCUT2D eigenvalue weighted by Crippen LogP contribution is 2.44. The zero-order chi connectivity index (χ0) is 48.0. The molecule has 11 aromatic carbocycles. The van der Waals surface area contributed by atoms with Crippen molar-refractivity contribution >= 4 is 76.3 Å². The SMILES string of the molecule is c1ccc(-c2cc(-c3ccccc3)cc(-c3nc4cccc(-n5c6ccccc6c6ccc7c8ccccc8n(-c8nc(-c9ccccc9)nc(-c9cc%10ccccc%10c%10ccccc9%10)n8)c7c65)c4o3)c2)cc1. The van der Waals surface area contributed by atoms with Crippen molar-refractivity contribution in [1.82, 2.24) is 29.1 Å². The van der Waals surface area contributed by atoms with Gasteiger partial charge in [-0.05, 0) is 92.3 Å². The Labute approximate surface area is 418 Å². The van der Waals surface area contributed by atoms with Crippen molar-refractivity contribution in [3.8, 4) is 68.1 Å². The van der Waals surface area contributed by atoms with Crippen molar-refractivity contribution in [3.05, 3.63) is 243 Å². The fourth-order valence-electron chi connectivity index (χ4n) is 11.1. The van der Waals surface area contributed by atoms with Crippen LogP contribution in [0.5, 0.6) is 0 Å². The first-order valence-corrected chi connectivity index (χ1v) is 24.5. The smallest absolute Gasteiger partial charge is 0.238 e. The number of rotatable bonds is 7. The highest BCUT2D eigenvalue weighted by Gasteiger charge is 2.26. The summed E-state index contributed by atoms with van der Waals surface area (Å²) in [6.07, 6.45) is 0. The second-order valence-electron chi connectivity index (χ2n) is 18.6. The van der Waals surface area contributed by atoms with Gasteiger partial charge >= 0.3 is 0 Å². The Kier molecular flexibility index (Phi) is 9.13. The summed E-state index contributed by atoms with van der Waals surface area (Å²) in [5.74, 6) is 2.24. The van der Waals surface area contributed by atoms with Crippen molar-refractivity contribution in [1.29, 1.82) is 0 Å². The summed E-state index contributed by atoms with van der Waals surface area (Å²) in [5, 5.41) is 8.88. The van der Waals surface area contributed by atoms with Crippen LogP contribution >= 0.6 is 0 Å². The lowest BCUT2D eigenvalue weighted by atomic mass is 9.96. The highest BCUT2D eigenvalue weighted by molar-refractivity contribution is 6.24. The van der Waals surface area contributed by atoms with Crippen molar-refractivity contribution < 1.29 is 4.42 Å². The maximum Gasteiger partial charge on any atom is 0.238 e. The van der Waals surface area contributed by atoms with Gasteiger partial charge in [-0.2, -0.15) is 9.97 Å². The predicted octanol–water partition coefficient (Wildman–Crippen LogP) is 16.8. The maximum absolute atomic E-state index is 7.10. The number of hydrogen-bond acceptors (Lipinski definition) is 5. The molecule has 4 heterocycles. The van der Waals surface area contributed by atoms with Gasteiger partial charge in [-0.3, -0.25) is 4.57 Å². The number of fused-ring (bicyclic) bond motifs is 11. The van der Waals surface area contributed by atoms with Gasteiger partial charge in [0.2, 0.25) is 11.8 Å². The Morgan fingerprint density at radius 3 is 1.51 bits per heavy atom. The number of oxazole rings is 1. The van der Waals surface area contributed by atoms with Gasteiger partial charge in [-0.25, -0.2) is 9.97 Å². The topological polar surface area (TPSA) is 74.6 Å². The summed E-state index contributed by atoms with van der Waals surface area (Å²) < 4.78 is 11.7. The molecule has 0 spiro atoms. The minimum atomic E-state index is 0.518. The lowest BCUT2D eigenvalue weighted by Crippen LogP contribution is -2.07. The molecule has 0 aliphatic carbocycles. The van der Waals surface area contributed by atoms with Crippen LogP contribution in [0.4, 0.5) is 0 Å². The van der Waals surface area contributed by atoms with Gasteiger partial charge in [-0.15, -0.1) is 0 Å². The van der Waals surface area contributed by atoms with E-state index < -0.39 is 0 Å². The molecule has 0 bridgehead atoms. The molecule has 340 valence electrons. The summed E-state index contributed by atoms with van der Waals surface area (Å²) in [6, 6.07) is 85.0. The summed E-state index contributed by atoms with van der Waals surface area (Å²) in [5.41, 5.74) is 13.4. The molecule has 0 saturated carbocycles. The number of nitrogens with zero attached hydrogens (tertiary/aromatic N) is 6. The molecule has 0 unspecified atom stereocenters. The van der Waals surface area contributed by atoms with E-state index in [1.807, 2.05) is 36.4 Å². The molecule has 7 nitrogen and oxygen atoms in total. The Morgan fingerprint density at radius 2 is 0.836 bits per heavy atom. The third-order valence-corrected chi connectivity index (χ3v) is 14.4. The van der Waals surface area contributed by atoms with Gasteiger partial charge in [-0.1, -0.05) is 194 Å². The van der Waals surface area contributed by atoms with Gasteiger partial charge in [0.25, 0.3) is 0 Å². The zero-order valence-corrected chi connectivity index (χ0v) is 39.2. The third-order valence-electron chi connectivity index (χ3n) is 14.4. The van der Waals surface area contributed by atoms with E-state index in [1.54, 1.807) is 0 Å². The van der Waals surface area contributed by atoms with Crippen LogP contribution < -0.4 is 0 Å². The van der Waals surface area contributed by atoms with Crippen molar-refractivity contribution in [3.63, 3.8) is 0 Å². The Hall–Kier alpha value is -9.98. The predicted molar refractivity (Wildman–Crippen MR) is 298 cm³/mol. The standard InChI is InChI=1S/C66H40N6O/c1-4-19-41(20-5-1)45-37-46(42-21-6-2-7-22-42)39-47(38-45)65-67-56-31-18-34-59(62(56)73-65)71-57-32-16-14-29-51(57)53-35-36-54-52-30-15-17-33-58(52)72(61(54)60(53)71)66-69-63(43-23-8-3-9-24-43)68-64(70-66)55-40-44-25-10-11-26-48(44)49-27-12-13-28-50(49)55/h1-40H. The largest absolute Gasteiger partial charge is 0.434 e. The van der Waals surface area contributed by atoms with Gasteiger partial charge in [0, 0.05) is 38.2 Å². The van der Waals surface area contributed by atoms with Gasteiger partial charge in [0.1, 0.15) is 5.52 Å².